The summed E-state index contributed by atoms with van der Waals surface area (Å²) in [5.41, 5.74) is 8.12. The van der Waals surface area contributed by atoms with E-state index in [2.05, 4.69) is 23.7 Å². The standard InChI is InChI=1S/C11H16N2S/c1-14-11-7-8(4-5-9(11)12)10-3-2-6-13-10/h4-5,7,10,13H,2-3,6,12H2,1H3. The van der Waals surface area contributed by atoms with Crippen molar-refractivity contribution in [2.45, 2.75) is 23.8 Å². The zero-order valence-corrected chi connectivity index (χ0v) is 9.23. The number of rotatable bonds is 2. The highest BCUT2D eigenvalue weighted by molar-refractivity contribution is 7.98. The fourth-order valence-electron chi connectivity index (χ4n) is 1.91. The van der Waals surface area contributed by atoms with Gasteiger partial charge in [-0.25, -0.2) is 0 Å². The van der Waals surface area contributed by atoms with Gasteiger partial charge >= 0.3 is 0 Å². The van der Waals surface area contributed by atoms with Crippen molar-refractivity contribution in [2.24, 2.45) is 0 Å². The Bertz CT molecular complexity index is 319. The molecule has 76 valence electrons. The minimum atomic E-state index is 0.543. The quantitative estimate of drug-likeness (QED) is 0.579. The van der Waals surface area contributed by atoms with Crippen LogP contribution in [-0.4, -0.2) is 12.8 Å². The van der Waals surface area contributed by atoms with Gasteiger partial charge in [0, 0.05) is 16.6 Å². The molecule has 0 saturated carbocycles. The molecule has 3 heteroatoms. The second kappa shape index (κ2) is 4.24. The molecule has 1 fully saturated rings. The minimum absolute atomic E-state index is 0.543. The molecule has 0 aromatic heterocycles. The van der Waals surface area contributed by atoms with Crippen LogP contribution in [0.15, 0.2) is 23.1 Å². The Morgan fingerprint density at radius 1 is 1.50 bits per heavy atom. The average Bonchev–Trinajstić information content (AvgIpc) is 2.71. The van der Waals surface area contributed by atoms with Crippen molar-refractivity contribution >= 4 is 17.4 Å². The molecule has 0 spiro atoms. The van der Waals surface area contributed by atoms with Crippen LogP contribution >= 0.6 is 11.8 Å². The van der Waals surface area contributed by atoms with Crippen LogP contribution in [0.25, 0.3) is 0 Å². The van der Waals surface area contributed by atoms with Gasteiger partial charge in [-0.1, -0.05) is 6.07 Å². The molecule has 2 rings (SSSR count). The fourth-order valence-corrected chi connectivity index (χ4v) is 2.47. The van der Waals surface area contributed by atoms with Gasteiger partial charge in [0.2, 0.25) is 0 Å². The maximum atomic E-state index is 5.86. The van der Waals surface area contributed by atoms with Crippen molar-refractivity contribution in [1.29, 1.82) is 0 Å². The number of thioether (sulfide) groups is 1. The molecular formula is C11H16N2S. The number of nitrogens with one attached hydrogen (secondary N) is 1. The lowest BCUT2D eigenvalue weighted by Gasteiger charge is -2.12. The summed E-state index contributed by atoms with van der Waals surface area (Å²) in [5.74, 6) is 0. The molecule has 0 amide bonds. The summed E-state index contributed by atoms with van der Waals surface area (Å²) in [4.78, 5) is 1.19. The van der Waals surface area contributed by atoms with E-state index in [1.165, 1.54) is 23.3 Å². The molecule has 1 saturated heterocycles. The molecule has 1 aromatic rings. The maximum Gasteiger partial charge on any atom is 0.0452 e. The average molecular weight is 208 g/mol. The monoisotopic (exact) mass is 208 g/mol. The third kappa shape index (κ3) is 1.88. The van der Waals surface area contributed by atoms with Crippen molar-refractivity contribution in [3.8, 4) is 0 Å². The Hall–Kier alpha value is -0.670. The van der Waals surface area contributed by atoms with E-state index < -0.39 is 0 Å². The van der Waals surface area contributed by atoms with Crippen LogP contribution < -0.4 is 11.1 Å². The minimum Gasteiger partial charge on any atom is -0.398 e. The van der Waals surface area contributed by atoms with E-state index in [1.807, 2.05) is 6.07 Å². The normalized spacial score (nSPS) is 21.4. The second-order valence-corrected chi connectivity index (χ2v) is 4.50. The van der Waals surface area contributed by atoms with Crippen molar-refractivity contribution in [1.82, 2.24) is 5.32 Å². The Morgan fingerprint density at radius 2 is 2.36 bits per heavy atom. The Kier molecular flexibility index (Phi) is 2.99. The first-order valence-corrected chi connectivity index (χ1v) is 6.20. The number of hydrogen-bond acceptors (Lipinski definition) is 3. The van der Waals surface area contributed by atoms with Crippen LogP contribution in [0.2, 0.25) is 0 Å². The molecule has 1 unspecified atom stereocenters. The van der Waals surface area contributed by atoms with Gasteiger partial charge in [0.15, 0.2) is 0 Å². The molecule has 14 heavy (non-hydrogen) atoms. The van der Waals surface area contributed by atoms with E-state index in [4.69, 9.17) is 5.73 Å². The fraction of sp³-hybridized carbons (Fsp3) is 0.455. The highest BCUT2D eigenvalue weighted by atomic mass is 32.2. The smallest absolute Gasteiger partial charge is 0.0452 e. The van der Waals surface area contributed by atoms with Gasteiger partial charge in [-0.05, 0) is 43.3 Å². The summed E-state index contributed by atoms with van der Waals surface area (Å²) in [6.07, 6.45) is 4.60. The van der Waals surface area contributed by atoms with Crippen LogP contribution in [-0.2, 0) is 0 Å². The third-order valence-electron chi connectivity index (χ3n) is 2.72. The van der Waals surface area contributed by atoms with Crippen molar-refractivity contribution < 1.29 is 0 Å². The predicted octanol–water partition coefficient (Wildman–Crippen LogP) is 2.42. The second-order valence-electron chi connectivity index (χ2n) is 3.65. The number of nitrogen functional groups attached to an aromatic ring is 1. The van der Waals surface area contributed by atoms with Gasteiger partial charge in [-0.3, -0.25) is 0 Å². The molecule has 0 bridgehead atoms. The predicted molar refractivity (Wildman–Crippen MR) is 62.6 cm³/mol. The lowest BCUT2D eigenvalue weighted by atomic mass is 10.1. The van der Waals surface area contributed by atoms with E-state index in [9.17, 15) is 0 Å². The van der Waals surface area contributed by atoms with Crippen LogP contribution in [0.3, 0.4) is 0 Å². The van der Waals surface area contributed by atoms with Gasteiger partial charge in [0.25, 0.3) is 0 Å². The third-order valence-corrected chi connectivity index (χ3v) is 3.51. The topological polar surface area (TPSA) is 38.0 Å². The first-order valence-electron chi connectivity index (χ1n) is 4.98. The lowest BCUT2D eigenvalue weighted by molar-refractivity contribution is 0.646. The summed E-state index contributed by atoms with van der Waals surface area (Å²) in [7, 11) is 0. The Balaban J connectivity index is 2.25. The summed E-state index contributed by atoms with van der Waals surface area (Å²) in [6.45, 7) is 1.14. The zero-order valence-electron chi connectivity index (χ0n) is 8.42. The summed E-state index contributed by atoms with van der Waals surface area (Å²) < 4.78 is 0. The van der Waals surface area contributed by atoms with Crippen molar-refractivity contribution in [3.05, 3.63) is 23.8 Å². The largest absolute Gasteiger partial charge is 0.398 e. The SMILES string of the molecule is CSc1cc(C2CCCN2)ccc1N. The van der Waals surface area contributed by atoms with E-state index in [1.54, 1.807) is 11.8 Å². The van der Waals surface area contributed by atoms with Gasteiger partial charge in [-0.15, -0.1) is 11.8 Å². The van der Waals surface area contributed by atoms with Crippen LogP contribution in [0.1, 0.15) is 24.4 Å². The highest BCUT2D eigenvalue weighted by Gasteiger charge is 2.16. The molecule has 2 nitrogen and oxygen atoms in total. The Labute approximate surface area is 89.3 Å². The van der Waals surface area contributed by atoms with Crippen LogP contribution in [0.5, 0.6) is 0 Å². The van der Waals surface area contributed by atoms with Gasteiger partial charge < -0.3 is 11.1 Å². The number of nitrogens with two attached hydrogens (primary N) is 1. The molecule has 0 radical (unpaired) electrons. The van der Waals surface area contributed by atoms with Gasteiger partial charge in [0.1, 0.15) is 0 Å². The molecule has 0 aliphatic carbocycles. The van der Waals surface area contributed by atoms with E-state index in [-0.39, 0.29) is 0 Å². The zero-order chi connectivity index (χ0) is 9.97. The van der Waals surface area contributed by atoms with E-state index in [0.717, 1.165) is 12.2 Å². The molecule has 1 heterocycles. The van der Waals surface area contributed by atoms with E-state index >= 15 is 0 Å². The first-order chi connectivity index (χ1) is 6.81. The molecule has 1 aliphatic rings. The molecule has 1 aliphatic heterocycles. The molecule has 1 aromatic carbocycles. The van der Waals surface area contributed by atoms with Crippen molar-refractivity contribution in [2.75, 3.05) is 18.5 Å². The highest BCUT2D eigenvalue weighted by Crippen LogP contribution is 2.29. The van der Waals surface area contributed by atoms with E-state index in [0.29, 0.717) is 6.04 Å². The lowest BCUT2D eigenvalue weighted by Crippen LogP contribution is -2.12. The van der Waals surface area contributed by atoms with Crippen LogP contribution in [0.4, 0.5) is 5.69 Å². The maximum absolute atomic E-state index is 5.86. The number of anilines is 1. The van der Waals surface area contributed by atoms with Crippen LogP contribution in [0, 0.1) is 0 Å². The first kappa shape index (κ1) is 9.87. The molecule has 1 atom stereocenters. The molecular weight excluding hydrogens is 192 g/mol. The van der Waals surface area contributed by atoms with Crippen molar-refractivity contribution in [3.63, 3.8) is 0 Å². The Morgan fingerprint density at radius 3 is 3.00 bits per heavy atom. The van der Waals surface area contributed by atoms with Gasteiger partial charge in [-0.2, -0.15) is 0 Å². The molecule has 3 N–H and O–H groups in total. The summed E-state index contributed by atoms with van der Waals surface area (Å²) >= 11 is 1.72. The van der Waals surface area contributed by atoms with Gasteiger partial charge in [0.05, 0.1) is 0 Å². The summed E-state index contributed by atoms with van der Waals surface area (Å²) in [6, 6.07) is 6.91. The summed E-state index contributed by atoms with van der Waals surface area (Å²) in [5, 5.41) is 3.49. The number of hydrogen-bond donors (Lipinski definition) is 2. The number of benzene rings is 1.